The van der Waals surface area contributed by atoms with Crippen LogP contribution in [0.2, 0.25) is 0 Å². The molecule has 5 rings (SSSR count). The number of nitrogens with zero attached hydrogens (tertiary/aromatic N) is 2. The summed E-state index contributed by atoms with van der Waals surface area (Å²) in [7, 11) is 0. The number of aromatic nitrogens is 1. The Hall–Kier alpha value is -4.97. The van der Waals surface area contributed by atoms with Crippen molar-refractivity contribution >= 4 is 17.1 Å². The van der Waals surface area contributed by atoms with Crippen molar-refractivity contribution in [2.24, 2.45) is 0 Å². The normalized spacial score (nSPS) is 12.5. The van der Waals surface area contributed by atoms with Gasteiger partial charge in [0.1, 0.15) is 0 Å². The number of nitro groups is 1. The molecule has 0 fully saturated rings. The van der Waals surface area contributed by atoms with Gasteiger partial charge in [-0.15, -0.1) is 0 Å². The van der Waals surface area contributed by atoms with Gasteiger partial charge in [-0.25, -0.2) is 0 Å². The molecule has 2 unspecified atom stereocenters. The van der Waals surface area contributed by atoms with E-state index < -0.39 is 0 Å². The first kappa shape index (κ1) is 31.5. The van der Waals surface area contributed by atoms with Gasteiger partial charge in [-0.05, 0) is 79.6 Å². The zero-order valence-electron chi connectivity index (χ0n) is 26.7. The third kappa shape index (κ3) is 7.23. The summed E-state index contributed by atoms with van der Waals surface area (Å²) in [6, 6.07) is 35.9. The molecule has 0 bridgehead atoms. The Morgan fingerprint density at radius 2 is 1.24 bits per heavy atom. The smallest absolute Gasteiger partial charge is 0.269 e. The maximum atomic E-state index is 11.9. The molecule has 6 nitrogen and oxygen atoms in total. The molecular formula is C39H42N4O2. The Morgan fingerprint density at radius 1 is 0.711 bits per heavy atom. The molecule has 0 spiro atoms. The van der Waals surface area contributed by atoms with Crippen LogP contribution in [0.1, 0.15) is 90.5 Å². The summed E-state index contributed by atoms with van der Waals surface area (Å²) >= 11 is 0. The minimum Gasteiger partial charge on any atom is -0.377 e. The third-order valence-corrected chi connectivity index (χ3v) is 8.44. The van der Waals surface area contributed by atoms with Crippen LogP contribution in [0.4, 0.5) is 17.1 Å². The number of non-ortho nitro benzene ring substituents is 1. The summed E-state index contributed by atoms with van der Waals surface area (Å²) in [6.07, 6.45) is 1.92. The first-order valence-corrected chi connectivity index (χ1v) is 15.8. The van der Waals surface area contributed by atoms with Gasteiger partial charge >= 0.3 is 0 Å². The van der Waals surface area contributed by atoms with Crippen LogP contribution in [0.15, 0.2) is 109 Å². The van der Waals surface area contributed by atoms with Gasteiger partial charge in [0, 0.05) is 29.4 Å². The van der Waals surface area contributed by atoms with Crippen LogP contribution in [0, 0.1) is 17.0 Å². The van der Waals surface area contributed by atoms with Gasteiger partial charge in [0.05, 0.1) is 28.4 Å². The highest BCUT2D eigenvalue weighted by molar-refractivity contribution is 5.63. The molecule has 1 heterocycles. The lowest BCUT2D eigenvalue weighted by atomic mass is 9.84. The van der Waals surface area contributed by atoms with E-state index in [4.69, 9.17) is 4.98 Å². The summed E-state index contributed by atoms with van der Waals surface area (Å²) in [6.45, 7) is 10.8. The van der Waals surface area contributed by atoms with E-state index in [9.17, 15) is 10.1 Å². The molecule has 0 saturated heterocycles. The summed E-state index contributed by atoms with van der Waals surface area (Å²) in [4.78, 5) is 16.7. The van der Waals surface area contributed by atoms with Gasteiger partial charge in [-0.3, -0.25) is 15.1 Å². The number of rotatable bonds is 12. The molecule has 230 valence electrons. The van der Waals surface area contributed by atoms with Crippen LogP contribution >= 0.6 is 0 Å². The summed E-state index contributed by atoms with van der Waals surface area (Å²) in [5.74, 6) is -0.194. The number of nitro benzene ring substituents is 1. The molecule has 2 atom stereocenters. The Kier molecular flexibility index (Phi) is 9.93. The molecule has 6 heteroatoms. The average Bonchev–Trinajstić information content (AvgIpc) is 3.07. The lowest BCUT2D eigenvalue weighted by Crippen LogP contribution is -2.16. The maximum absolute atomic E-state index is 11.9. The minimum absolute atomic E-state index is 0.00549. The van der Waals surface area contributed by atoms with Gasteiger partial charge in [0.15, 0.2) is 0 Å². The highest BCUT2D eigenvalue weighted by atomic mass is 16.6. The van der Waals surface area contributed by atoms with Crippen molar-refractivity contribution in [3.05, 3.63) is 164 Å². The number of nitrogens with one attached hydrogen (secondary N) is 2. The summed E-state index contributed by atoms with van der Waals surface area (Å²) < 4.78 is 0. The number of hydrogen-bond donors (Lipinski definition) is 2. The van der Waals surface area contributed by atoms with Crippen molar-refractivity contribution in [3.8, 4) is 0 Å². The Bertz CT molecular complexity index is 1690. The Balaban J connectivity index is 1.48. The topological polar surface area (TPSA) is 80.1 Å². The average molecular weight is 599 g/mol. The number of hydrogen-bond acceptors (Lipinski definition) is 5. The van der Waals surface area contributed by atoms with Gasteiger partial charge in [0.25, 0.3) is 5.69 Å². The third-order valence-electron chi connectivity index (χ3n) is 8.44. The van der Waals surface area contributed by atoms with Gasteiger partial charge in [-0.1, -0.05) is 98.3 Å². The fourth-order valence-corrected chi connectivity index (χ4v) is 6.11. The predicted molar refractivity (Wildman–Crippen MR) is 185 cm³/mol. The molecule has 5 aromatic rings. The number of aryl methyl sites for hydroxylation is 3. The molecule has 0 amide bonds. The van der Waals surface area contributed by atoms with Crippen molar-refractivity contribution in [2.75, 3.05) is 10.6 Å². The van der Waals surface area contributed by atoms with Crippen LogP contribution in [0.25, 0.3) is 0 Å². The number of benzene rings is 4. The molecule has 0 aliphatic carbocycles. The Morgan fingerprint density at radius 3 is 1.76 bits per heavy atom. The second-order valence-corrected chi connectivity index (χ2v) is 11.7. The minimum atomic E-state index is -0.328. The van der Waals surface area contributed by atoms with Crippen molar-refractivity contribution in [1.82, 2.24) is 4.98 Å². The number of pyridine rings is 1. The maximum Gasteiger partial charge on any atom is 0.269 e. The van der Waals surface area contributed by atoms with Gasteiger partial charge in [0.2, 0.25) is 0 Å². The molecule has 0 aliphatic rings. The van der Waals surface area contributed by atoms with E-state index >= 15 is 0 Å². The fourth-order valence-electron chi connectivity index (χ4n) is 6.11. The zero-order valence-corrected chi connectivity index (χ0v) is 26.7. The molecule has 0 saturated carbocycles. The number of anilines is 2. The lowest BCUT2D eigenvalue weighted by Gasteiger charge is -2.25. The molecule has 4 aromatic carbocycles. The monoisotopic (exact) mass is 598 g/mol. The van der Waals surface area contributed by atoms with E-state index in [2.05, 4.69) is 93.8 Å². The first-order chi connectivity index (χ1) is 21.8. The molecule has 0 aliphatic heterocycles. The van der Waals surface area contributed by atoms with E-state index in [1.807, 2.05) is 48.5 Å². The van der Waals surface area contributed by atoms with Crippen molar-refractivity contribution in [2.45, 2.75) is 65.5 Å². The van der Waals surface area contributed by atoms with Crippen LogP contribution in [-0.4, -0.2) is 9.91 Å². The zero-order chi connectivity index (χ0) is 31.9. The first-order valence-electron chi connectivity index (χ1n) is 15.8. The Labute approximate surface area is 266 Å². The summed E-state index contributed by atoms with van der Waals surface area (Å²) in [5.41, 5.74) is 10.9. The van der Waals surface area contributed by atoms with Crippen LogP contribution < -0.4 is 10.6 Å². The standard InChI is InChI=1S/C39H42N4O2/c1-6-29-23-26(3)24-30(7-2)39(29)41-28(5)36-20-14-19-35(42-36)27(4)40-37-22-21-33(43(44)45)25-34(37)38(31-15-10-8-11-16-31)32-17-12-9-13-18-32/h8-25,27-28,38,40-41H,6-7H2,1-5H3. The molecule has 2 N–H and O–H groups in total. The largest absolute Gasteiger partial charge is 0.377 e. The predicted octanol–water partition coefficient (Wildman–Crippen LogP) is 9.95. The molecule has 0 radical (unpaired) electrons. The van der Waals surface area contributed by atoms with Crippen molar-refractivity contribution < 1.29 is 4.92 Å². The van der Waals surface area contributed by atoms with E-state index in [1.165, 1.54) is 22.4 Å². The van der Waals surface area contributed by atoms with E-state index in [1.54, 1.807) is 12.1 Å². The van der Waals surface area contributed by atoms with Crippen molar-refractivity contribution in [3.63, 3.8) is 0 Å². The highest BCUT2D eigenvalue weighted by Crippen LogP contribution is 2.39. The van der Waals surface area contributed by atoms with E-state index in [-0.39, 0.29) is 28.6 Å². The highest BCUT2D eigenvalue weighted by Gasteiger charge is 2.24. The van der Waals surface area contributed by atoms with Crippen LogP contribution in [0.5, 0.6) is 0 Å². The molecular weight excluding hydrogens is 556 g/mol. The van der Waals surface area contributed by atoms with Crippen LogP contribution in [0.3, 0.4) is 0 Å². The van der Waals surface area contributed by atoms with E-state index in [0.29, 0.717) is 0 Å². The van der Waals surface area contributed by atoms with Crippen LogP contribution in [-0.2, 0) is 12.8 Å². The van der Waals surface area contributed by atoms with Gasteiger partial charge < -0.3 is 10.6 Å². The lowest BCUT2D eigenvalue weighted by molar-refractivity contribution is -0.384. The fraction of sp³-hybridized carbons (Fsp3) is 0.256. The van der Waals surface area contributed by atoms with Crippen molar-refractivity contribution in [1.29, 1.82) is 0 Å². The molecule has 1 aromatic heterocycles. The molecule has 45 heavy (non-hydrogen) atoms. The second-order valence-electron chi connectivity index (χ2n) is 11.7. The SMILES string of the molecule is CCc1cc(C)cc(CC)c1NC(C)c1cccc(C(C)Nc2ccc([N+](=O)[O-])cc2C(c2ccccc2)c2ccccc2)n1. The second kappa shape index (κ2) is 14.2. The quantitative estimate of drug-likeness (QED) is 0.0849. The van der Waals surface area contributed by atoms with E-state index in [0.717, 1.165) is 46.6 Å². The summed E-state index contributed by atoms with van der Waals surface area (Å²) in [5, 5.41) is 19.3. The van der Waals surface area contributed by atoms with Gasteiger partial charge in [-0.2, -0.15) is 0 Å².